The highest BCUT2D eigenvalue weighted by Crippen LogP contribution is 2.23. The first kappa shape index (κ1) is 12.9. The van der Waals surface area contributed by atoms with Crippen LogP contribution in [0.15, 0.2) is 59.6 Å². The minimum absolute atomic E-state index is 0.531. The highest BCUT2D eigenvalue weighted by molar-refractivity contribution is 5.68. The SMILES string of the molecule is O=C=Nc1ccccc1NCCOc1ccccc1. The van der Waals surface area contributed by atoms with E-state index >= 15 is 0 Å². The van der Waals surface area contributed by atoms with Crippen molar-refractivity contribution in [2.24, 2.45) is 4.99 Å². The van der Waals surface area contributed by atoms with Crippen molar-refractivity contribution in [2.75, 3.05) is 18.5 Å². The average molecular weight is 254 g/mol. The minimum atomic E-state index is 0.531. The number of aliphatic imine (C=N–C) groups is 1. The molecule has 0 saturated carbocycles. The fraction of sp³-hybridized carbons (Fsp3) is 0.133. The third-order valence-corrected chi connectivity index (χ3v) is 2.50. The standard InChI is InChI=1S/C15H14N2O2/c18-12-17-15-9-5-4-8-14(15)16-10-11-19-13-6-2-1-3-7-13/h1-9,16H,10-11H2. The number of nitrogens with one attached hydrogen (secondary N) is 1. The van der Waals surface area contributed by atoms with Crippen LogP contribution in [0.5, 0.6) is 5.75 Å². The number of ether oxygens (including phenoxy) is 1. The maximum absolute atomic E-state index is 10.3. The molecule has 0 atom stereocenters. The van der Waals surface area contributed by atoms with E-state index in [0.29, 0.717) is 18.8 Å². The van der Waals surface area contributed by atoms with Crippen LogP contribution in [0, 0.1) is 0 Å². The number of isocyanates is 1. The summed E-state index contributed by atoms with van der Waals surface area (Å²) in [4.78, 5) is 13.9. The van der Waals surface area contributed by atoms with Gasteiger partial charge in [-0.1, -0.05) is 30.3 Å². The summed E-state index contributed by atoms with van der Waals surface area (Å²) in [6, 6.07) is 16.9. The van der Waals surface area contributed by atoms with E-state index in [1.165, 1.54) is 0 Å². The zero-order chi connectivity index (χ0) is 13.3. The molecule has 0 spiro atoms. The van der Waals surface area contributed by atoms with Gasteiger partial charge in [0.2, 0.25) is 6.08 Å². The molecule has 0 saturated heterocycles. The summed E-state index contributed by atoms with van der Waals surface area (Å²) in [5, 5.41) is 3.17. The van der Waals surface area contributed by atoms with Crippen molar-refractivity contribution in [2.45, 2.75) is 0 Å². The molecule has 19 heavy (non-hydrogen) atoms. The van der Waals surface area contributed by atoms with Crippen molar-refractivity contribution in [3.63, 3.8) is 0 Å². The summed E-state index contributed by atoms with van der Waals surface area (Å²) in [6.07, 6.45) is 1.54. The van der Waals surface area contributed by atoms with Crippen LogP contribution in [-0.4, -0.2) is 19.2 Å². The molecule has 0 fully saturated rings. The second kappa shape index (κ2) is 6.99. The lowest BCUT2D eigenvalue weighted by atomic mass is 10.2. The van der Waals surface area contributed by atoms with Crippen molar-refractivity contribution in [1.29, 1.82) is 0 Å². The van der Waals surface area contributed by atoms with Gasteiger partial charge in [0.1, 0.15) is 12.4 Å². The van der Waals surface area contributed by atoms with E-state index in [0.717, 1.165) is 11.4 Å². The maximum Gasteiger partial charge on any atom is 0.240 e. The topological polar surface area (TPSA) is 50.7 Å². The molecule has 0 bridgehead atoms. The zero-order valence-electron chi connectivity index (χ0n) is 10.4. The second-order valence-electron chi connectivity index (χ2n) is 3.81. The van der Waals surface area contributed by atoms with Crippen molar-refractivity contribution < 1.29 is 9.53 Å². The van der Waals surface area contributed by atoms with Crippen LogP contribution in [0.2, 0.25) is 0 Å². The van der Waals surface area contributed by atoms with Gasteiger partial charge in [0, 0.05) is 6.54 Å². The van der Waals surface area contributed by atoms with E-state index in [-0.39, 0.29) is 0 Å². The van der Waals surface area contributed by atoms with Crippen molar-refractivity contribution in [1.82, 2.24) is 0 Å². The van der Waals surface area contributed by atoms with E-state index in [4.69, 9.17) is 4.74 Å². The summed E-state index contributed by atoms with van der Waals surface area (Å²) in [6.45, 7) is 1.16. The Kier molecular flexibility index (Phi) is 4.73. The molecule has 1 N–H and O–H groups in total. The molecule has 0 radical (unpaired) electrons. The first-order valence-electron chi connectivity index (χ1n) is 5.99. The number of anilines is 1. The molecule has 2 aromatic carbocycles. The maximum atomic E-state index is 10.3. The average Bonchev–Trinajstić information content (AvgIpc) is 2.47. The van der Waals surface area contributed by atoms with Crippen LogP contribution in [-0.2, 0) is 4.79 Å². The van der Waals surface area contributed by atoms with Gasteiger partial charge in [-0.2, -0.15) is 4.99 Å². The molecule has 2 rings (SSSR count). The Labute approximate surface area is 111 Å². The molecule has 0 heterocycles. The summed E-state index contributed by atoms with van der Waals surface area (Å²) in [5.74, 6) is 0.837. The number of carbonyl (C=O) groups excluding carboxylic acids is 1. The highest BCUT2D eigenvalue weighted by Gasteiger charge is 1.99. The second-order valence-corrected chi connectivity index (χ2v) is 3.81. The van der Waals surface area contributed by atoms with Crippen LogP contribution >= 0.6 is 0 Å². The van der Waals surface area contributed by atoms with Crippen LogP contribution < -0.4 is 10.1 Å². The predicted octanol–water partition coefficient (Wildman–Crippen LogP) is 3.14. The number of nitrogens with zero attached hydrogens (tertiary/aromatic N) is 1. The fourth-order valence-corrected chi connectivity index (χ4v) is 1.64. The van der Waals surface area contributed by atoms with Crippen LogP contribution in [0.1, 0.15) is 0 Å². The van der Waals surface area contributed by atoms with Crippen LogP contribution in [0.4, 0.5) is 11.4 Å². The van der Waals surface area contributed by atoms with Gasteiger partial charge in [-0.25, -0.2) is 4.79 Å². The van der Waals surface area contributed by atoms with Crippen molar-refractivity contribution >= 4 is 17.5 Å². The lowest BCUT2D eigenvalue weighted by Crippen LogP contribution is -2.11. The molecule has 96 valence electrons. The van der Waals surface area contributed by atoms with E-state index in [2.05, 4.69) is 10.3 Å². The summed E-state index contributed by atoms with van der Waals surface area (Å²) in [7, 11) is 0. The molecule has 4 nitrogen and oxygen atoms in total. The van der Waals surface area contributed by atoms with E-state index in [1.807, 2.05) is 48.5 Å². The lowest BCUT2D eigenvalue weighted by molar-refractivity contribution is 0.333. The van der Waals surface area contributed by atoms with Crippen LogP contribution in [0.3, 0.4) is 0 Å². The molecule has 0 unspecified atom stereocenters. The van der Waals surface area contributed by atoms with E-state index in [9.17, 15) is 4.79 Å². The Bertz CT molecular complexity index is 563. The van der Waals surface area contributed by atoms with Gasteiger partial charge in [0.25, 0.3) is 0 Å². The Balaban J connectivity index is 1.84. The Morgan fingerprint density at radius 2 is 1.79 bits per heavy atom. The van der Waals surface area contributed by atoms with Gasteiger partial charge < -0.3 is 10.1 Å². The van der Waals surface area contributed by atoms with Gasteiger partial charge in [-0.3, -0.25) is 0 Å². The third-order valence-electron chi connectivity index (χ3n) is 2.50. The largest absolute Gasteiger partial charge is 0.492 e. The third kappa shape index (κ3) is 3.98. The van der Waals surface area contributed by atoms with Gasteiger partial charge in [0.05, 0.1) is 11.4 Å². The molecular weight excluding hydrogens is 240 g/mol. The Morgan fingerprint density at radius 3 is 2.58 bits per heavy atom. The normalized spacial score (nSPS) is 9.47. The molecule has 2 aromatic rings. The minimum Gasteiger partial charge on any atom is -0.492 e. The number of hydrogen-bond acceptors (Lipinski definition) is 4. The fourth-order valence-electron chi connectivity index (χ4n) is 1.64. The lowest BCUT2D eigenvalue weighted by Gasteiger charge is -2.09. The summed E-state index contributed by atoms with van der Waals surface area (Å²) < 4.78 is 5.56. The quantitative estimate of drug-likeness (QED) is 0.489. The van der Waals surface area contributed by atoms with Gasteiger partial charge >= 0.3 is 0 Å². The highest BCUT2D eigenvalue weighted by atomic mass is 16.5. The zero-order valence-corrected chi connectivity index (χ0v) is 10.4. The Hall–Kier alpha value is -2.58. The van der Waals surface area contributed by atoms with Gasteiger partial charge in [-0.05, 0) is 24.3 Å². The van der Waals surface area contributed by atoms with Gasteiger partial charge in [-0.15, -0.1) is 0 Å². The predicted molar refractivity (Wildman–Crippen MR) is 74.7 cm³/mol. The first-order chi connectivity index (χ1) is 9.40. The van der Waals surface area contributed by atoms with Crippen molar-refractivity contribution in [3.8, 4) is 5.75 Å². The molecule has 0 aliphatic carbocycles. The smallest absolute Gasteiger partial charge is 0.240 e. The molecule has 0 aromatic heterocycles. The molecule has 0 amide bonds. The molecule has 0 aliphatic heterocycles. The first-order valence-corrected chi connectivity index (χ1v) is 5.99. The number of rotatable bonds is 6. The van der Waals surface area contributed by atoms with E-state index < -0.39 is 0 Å². The molecular formula is C15H14N2O2. The van der Waals surface area contributed by atoms with Crippen molar-refractivity contribution in [3.05, 3.63) is 54.6 Å². The van der Waals surface area contributed by atoms with Crippen LogP contribution in [0.25, 0.3) is 0 Å². The van der Waals surface area contributed by atoms with Gasteiger partial charge in [0.15, 0.2) is 0 Å². The number of para-hydroxylation sites is 3. The Morgan fingerprint density at radius 1 is 1.05 bits per heavy atom. The molecule has 4 heteroatoms. The number of benzene rings is 2. The summed E-state index contributed by atoms with van der Waals surface area (Å²) in [5.41, 5.74) is 1.37. The van der Waals surface area contributed by atoms with E-state index in [1.54, 1.807) is 12.1 Å². The summed E-state index contributed by atoms with van der Waals surface area (Å²) >= 11 is 0. The monoisotopic (exact) mass is 254 g/mol. The number of hydrogen-bond donors (Lipinski definition) is 1. The molecule has 0 aliphatic rings.